The lowest BCUT2D eigenvalue weighted by molar-refractivity contribution is -0.0668. The predicted molar refractivity (Wildman–Crippen MR) is 103 cm³/mol. The summed E-state index contributed by atoms with van der Waals surface area (Å²) >= 11 is 0. The van der Waals surface area contributed by atoms with Crippen molar-refractivity contribution in [1.82, 2.24) is 24.5 Å². The van der Waals surface area contributed by atoms with E-state index in [-0.39, 0.29) is 17.8 Å². The summed E-state index contributed by atoms with van der Waals surface area (Å²) in [5.41, 5.74) is 0.864. The van der Waals surface area contributed by atoms with E-state index >= 15 is 0 Å². The summed E-state index contributed by atoms with van der Waals surface area (Å²) < 4.78 is 15.2. The average molecular weight is 396 g/mol. The maximum absolute atomic E-state index is 13.7. The monoisotopic (exact) mass is 396 g/mol. The average Bonchev–Trinajstić information content (AvgIpc) is 3.32. The predicted octanol–water partition coefficient (Wildman–Crippen LogP) is 1.81. The van der Waals surface area contributed by atoms with Crippen molar-refractivity contribution >= 4 is 17.4 Å². The quantitative estimate of drug-likeness (QED) is 0.727. The van der Waals surface area contributed by atoms with Crippen molar-refractivity contribution in [2.75, 3.05) is 24.5 Å². The fraction of sp³-hybridized carbons (Fsp3) is 0.400. The van der Waals surface area contributed by atoms with Gasteiger partial charge in [0.05, 0.1) is 37.1 Å². The number of likely N-dealkylation sites (tertiary alicyclic amines) is 1. The molecule has 29 heavy (non-hydrogen) atoms. The van der Waals surface area contributed by atoms with Crippen LogP contribution in [0.15, 0.2) is 36.9 Å². The van der Waals surface area contributed by atoms with Gasteiger partial charge in [-0.25, -0.2) is 13.9 Å². The van der Waals surface area contributed by atoms with E-state index in [1.165, 1.54) is 18.5 Å². The van der Waals surface area contributed by atoms with Gasteiger partial charge < -0.3 is 14.9 Å². The summed E-state index contributed by atoms with van der Waals surface area (Å²) in [5.74, 6) is 0.171. The molecule has 0 saturated carbocycles. The van der Waals surface area contributed by atoms with Crippen LogP contribution in [0.1, 0.15) is 41.7 Å². The van der Waals surface area contributed by atoms with Crippen LogP contribution in [0.5, 0.6) is 0 Å². The number of hydrogen-bond donors (Lipinski definition) is 1. The van der Waals surface area contributed by atoms with Gasteiger partial charge in [-0.2, -0.15) is 5.10 Å². The lowest BCUT2D eigenvalue weighted by Gasteiger charge is -2.43. The molecule has 5 heterocycles. The normalized spacial score (nSPS) is 20.9. The molecule has 8 nitrogen and oxygen atoms in total. The van der Waals surface area contributed by atoms with Gasteiger partial charge in [-0.15, -0.1) is 0 Å². The molecule has 1 amide bonds. The van der Waals surface area contributed by atoms with Gasteiger partial charge >= 0.3 is 0 Å². The zero-order valence-electron chi connectivity index (χ0n) is 16.0. The van der Waals surface area contributed by atoms with Crippen molar-refractivity contribution in [3.8, 4) is 0 Å². The summed E-state index contributed by atoms with van der Waals surface area (Å²) in [7, 11) is 0. The Bertz CT molecular complexity index is 1090. The molecule has 0 aromatic carbocycles. The third kappa shape index (κ3) is 3.11. The highest BCUT2D eigenvalue weighted by Gasteiger charge is 2.40. The molecule has 0 spiro atoms. The second-order valence-electron chi connectivity index (χ2n) is 8.06. The van der Waals surface area contributed by atoms with Crippen LogP contribution in [0.3, 0.4) is 0 Å². The standard InChI is InChI=1S/C20H21FN6O2/c1-20(29)11-25(12-20)19(28)15-10-23-27-6-4-17(24-18(15)27)26-5-2-3-16(26)13-7-14(21)9-22-8-13/h4,6-10,16,29H,2-3,5,11-12H2,1H3. The topological polar surface area (TPSA) is 86.9 Å². The maximum Gasteiger partial charge on any atom is 0.259 e. The van der Waals surface area contributed by atoms with Crippen LogP contribution >= 0.6 is 0 Å². The van der Waals surface area contributed by atoms with Crippen molar-refractivity contribution in [3.05, 3.63) is 53.9 Å². The Morgan fingerprint density at radius 3 is 2.90 bits per heavy atom. The first-order valence-electron chi connectivity index (χ1n) is 9.64. The van der Waals surface area contributed by atoms with Gasteiger partial charge in [-0.05, 0) is 37.5 Å². The number of aliphatic hydroxyl groups is 1. The number of amides is 1. The minimum Gasteiger partial charge on any atom is -0.386 e. The molecule has 0 radical (unpaired) electrons. The van der Waals surface area contributed by atoms with Crippen LogP contribution in [-0.2, 0) is 0 Å². The van der Waals surface area contributed by atoms with Gasteiger partial charge in [0.15, 0.2) is 5.65 Å². The molecule has 1 atom stereocenters. The van der Waals surface area contributed by atoms with Gasteiger partial charge in [0.2, 0.25) is 0 Å². The van der Waals surface area contributed by atoms with E-state index in [2.05, 4.69) is 15.0 Å². The number of fused-ring (bicyclic) bond motifs is 1. The van der Waals surface area contributed by atoms with Crippen molar-refractivity contribution in [1.29, 1.82) is 0 Å². The number of nitrogens with zero attached hydrogens (tertiary/aromatic N) is 6. The molecule has 0 bridgehead atoms. The first-order valence-corrected chi connectivity index (χ1v) is 9.64. The Morgan fingerprint density at radius 1 is 1.31 bits per heavy atom. The number of halogens is 1. The van der Waals surface area contributed by atoms with Crippen LogP contribution in [-0.4, -0.2) is 60.7 Å². The molecule has 2 fully saturated rings. The minimum atomic E-state index is -0.834. The van der Waals surface area contributed by atoms with E-state index in [1.54, 1.807) is 28.7 Å². The third-order valence-corrected chi connectivity index (χ3v) is 5.59. The number of rotatable bonds is 3. The van der Waals surface area contributed by atoms with Crippen LogP contribution in [0, 0.1) is 5.82 Å². The molecule has 0 aliphatic carbocycles. The Kier molecular flexibility index (Phi) is 4.02. The van der Waals surface area contributed by atoms with E-state index in [4.69, 9.17) is 4.98 Å². The maximum atomic E-state index is 13.7. The van der Waals surface area contributed by atoms with Crippen molar-refractivity contribution < 1.29 is 14.3 Å². The summed E-state index contributed by atoms with van der Waals surface area (Å²) in [6.45, 7) is 3.09. The first kappa shape index (κ1) is 18.0. The van der Waals surface area contributed by atoms with E-state index in [0.717, 1.165) is 30.8 Å². The van der Waals surface area contributed by atoms with E-state index in [9.17, 15) is 14.3 Å². The highest BCUT2D eigenvalue weighted by atomic mass is 19.1. The number of aromatic nitrogens is 4. The molecule has 1 N–H and O–H groups in total. The Labute approximate surface area is 166 Å². The molecule has 150 valence electrons. The Morgan fingerprint density at radius 2 is 2.14 bits per heavy atom. The van der Waals surface area contributed by atoms with Crippen molar-refractivity contribution in [2.45, 2.75) is 31.4 Å². The summed E-state index contributed by atoms with van der Waals surface area (Å²) in [6, 6.07) is 3.35. The molecule has 1 unspecified atom stereocenters. The van der Waals surface area contributed by atoms with Crippen molar-refractivity contribution in [2.24, 2.45) is 0 Å². The summed E-state index contributed by atoms with van der Waals surface area (Å²) in [5, 5.41) is 14.2. The number of anilines is 1. The number of pyridine rings is 1. The molecule has 2 saturated heterocycles. The van der Waals surface area contributed by atoms with Crippen molar-refractivity contribution in [3.63, 3.8) is 0 Å². The van der Waals surface area contributed by atoms with Crippen LogP contribution in [0.2, 0.25) is 0 Å². The first-order chi connectivity index (χ1) is 13.9. The second-order valence-corrected chi connectivity index (χ2v) is 8.06. The molecule has 5 rings (SSSR count). The van der Waals surface area contributed by atoms with E-state index in [0.29, 0.717) is 24.3 Å². The molecule has 2 aliphatic rings. The SMILES string of the molecule is CC1(O)CN(C(=O)c2cnn3ccc(N4CCCC4c4cncc(F)c4)nc23)C1. The van der Waals surface area contributed by atoms with Crippen LogP contribution in [0.25, 0.3) is 5.65 Å². The highest BCUT2D eigenvalue weighted by molar-refractivity contribution is 6.00. The minimum absolute atomic E-state index is 0.0132. The third-order valence-electron chi connectivity index (χ3n) is 5.59. The summed E-state index contributed by atoms with van der Waals surface area (Å²) in [4.78, 5) is 25.2. The largest absolute Gasteiger partial charge is 0.386 e. The van der Waals surface area contributed by atoms with Gasteiger partial charge in [-0.1, -0.05) is 0 Å². The van der Waals surface area contributed by atoms with Gasteiger partial charge in [0, 0.05) is 18.9 Å². The second kappa shape index (κ2) is 6.48. The smallest absolute Gasteiger partial charge is 0.259 e. The van der Waals surface area contributed by atoms with E-state index in [1.807, 2.05) is 6.07 Å². The molecule has 9 heteroatoms. The lowest BCUT2D eigenvalue weighted by atomic mass is 9.96. The molecular formula is C20H21FN6O2. The number of carbonyl (C=O) groups excluding carboxylic acids is 1. The summed E-state index contributed by atoms with van der Waals surface area (Å²) in [6.07, 6.45) is 8.02. The number of carbonyl (C=O) groups is 1. The molecular weight excluding hydrogens is 375 g/mol. The van der Waals surface area contributed by atoms with Gasteiger partial charge in [-0.3, -0.25) is 9.78 Å². The fourth-order valence-electron chi connectivity index (χ4n) is 4.26. The molecule has 3 aromatic rings. The van der Waals surface area contributed by atoms with Gasteiger partial charge in [0.25, 0.3) is 5.91 Å². The number of β-amino-alcohol motifs (C(OH)–C–C–N with tert-alkyl or cyclic N) is 1. The van der Waals surface area contributed by atoms with Crippen LogP contribution in [0.4, 0.5) is 10.2 Å². The zero-order valence-corrected chi connectivity index (χ0v) is 16.0. The van der Waals surface area contributed by atoms with E-state index < -0.39 is 5.60 Å². The lowest BCUT2D eigenvalue weighted by Crippen LogP contribution is -2.61. The fourth-order valence-corrected chi connectivity index (χ4v) is 4.26. The molecule has 3 aromatic heterocycles. The Hall–Kier alpha value is -3.07. The van der Waals surface area contributed by atoms with Gasteiger partial charge in [0.1, 0.15) is 17.2 Å². The zero-order chi connectivity index (χ0) is 20.2. The molecule has 2 aliphatic heterocycles. The van der Waals surface area contributed by atoms with Crippen LogP contribution < -0.4 is 4.90 Å². The number of hydrogen-bond acceptors (Lipinski definition) is 6. The highest BCUT2D eigenvalue weighted by Crippen LogP contribution is 2.35. The Balaban J connectivity index is 1.47.